The second-order valence-corrected chi connectivity index (χ2v) is 6.67. The lowest BCUT2D eigenvalue weighted by Crippen LogP contribution is -2.52. The number of amides is 1. The van der Waals surface area contributed by atoms with E-state index < -0.39 is 0 Å². The molecule has 0 N–H and O–H groups in total. The van der Waals surface area contributed by atoms with Crippen molar-refractivity contribution in [3.8, 4) is 0 Å². The minimum atomic E-state index is 0.0729. The Kier molecular flexibility index (Phi) is 4.66. The third-order valence-corrected chi connectivity index (χ3v) is 4.42. The standard InChI is InChI=1S/C13H15BrINO2/c1-8-6-18-7-9(2)16(8)13(17)11-5-10(15)3-4-12(11)14/h3-5,8-9H,6-7H2,1-2H3/t8-,9+. The molecule has 2 atom stereocenters. The average Bonchev–Trinajstić information content (AvgIpc) is 2.32. The van der Waals surface area contributed by atoms with Crippen molar-refractivity contribution in [3.05, 3.63) is 31.8 Å². The molecule has 0 aromatic heterocycles. The summed E-state index contributed by atoms with van der Waals surface area (Å²) >= 11 is 5.68. The van der Waals surface area contributed by atoms with Gasteiger partial charge < -0.3 is 9.64 Å². The molecule has 0 unspecified atom stereocenters. The predicted octanol–water partition coefficient (Wildman–Crippen LogP) is 3.30. The SMILES string of the molecule is C[C@@H]1COC[C@H](C)N1C(=O)c1cc(I)ccc1Br. The van der Waals surface area contributed by atoms with Crippen LogP contribution in [0, 0.1) is 3.57 Å². The molecule has 1 saturated heterocycles. The molecule has 98 valence electrons. The Balaban J connectivity index is 2.32. The summed E-state index contributed by atoms with van der Waals surface area (Å²) in [6.07, 6.45) is 0. The highest BCUT2D eigenvalue weighted by Gasteiger charge is 2.31. The Bertz CT molecular complexity index is 456. The summed E-state index contributed by atoms with van der Waals surface area (Å²) in [5.74, 6) is 0.0729. The zero-order valence-corrected chi connectivity index (χ0v) is 14.1. The summed E-state index contributed by atoms with van der Waals surface area (Å²) in [4.78, 5) is 14.5. The number of hydrogen-bond acceptors (Lipinski definition) is 2. The van der Waals surface area contributed by atoms with Gasteiger partial charge in [0.1, 0.15) is 0 Å². The quantitative estimate of drug-likeness (QED) is 0.648. The van der Waals surface area contributed by atoms with Gasteiger partial charge in [-0.25, -0.2) is 0 Å². The third-order valence-electron chi connectivity index (χ3n) is 3.06. The molecule has 5 heteroatoms. The topological polar surface area (TPSA) is 29.5 Å². The molecule has 1 heterocycles. The molecular weight excluding hydrogens is 409 g/mol. The van der Waals surface area contributed by atoms with Crippen LogP contribution >= 0.6 is 38.5 Å². The number of carbonyl (C=O) groups excluding carboxylic acids is 1. The number of ether oxygens (including phenoxy) is 1. The first-order chi connectivity index (χ1) is 8.50. The molecule has 1 fully saturated rings. The van der Waals surface area contributed by atoms with Crippen LogP contribution < -0.4 is 0 Å². The highest BCUT2D eigenvalue weighted by Crippen LogP contribution is 2.24. The van der Waals surface area contributed by atoms with Crippen LogP contribution in [0.15, 0.2) is 22.7 Å². The van der Waals surface area contributed by atoms with E-state index in [0.717, 1.165) is 13.6 Å². The molecule has 1 aromatic carbocycles. The Morgan fingerprint density at radius 2 is 2.00 bits per heavy atom. The first-order valence-electron chi connectivity index (χ1n) is 5.86. The summed E-state index contributed by atoms with van der Waals surface area (Å²) in [5.41, 5.74) is 0.725. The zero-order valence-electron chi connectivity index (χ0n) is 10.3. The summed E-state index contributed by atoms with van der Waals surface area (Å²) in [5, 5.41) is 0. The van der Waals surface area contributed by atoms with Crippen molar-refractivity contribution in [1.29, 1.82) is 0 Å². The summed E-state index contributed by atoms with van der Waals surface area (Å²) in [6.45, 7) is 5.26. The van der Waals surface area contributed by atoms with Gasteiger partial charge in [0.05, 0.1) is 30.9 Å². The highest BCUT2D eigenvalue weighted by molar-refractivity contribution is 14.1. The van der Waals surface area contributed by atoms with E-state index in [1.54, 1.807) is 0 Å². The summed E-state index contributed by atoms with van der Waals surface area (Å²) < 4.78 is 7.37. The number of benzene rings is 1. The molecule has 18 heavy (non-hydrogen) atoms. The van der Waals surface area contributed by atoms with Crippen molar-refractivity contribution >= 4 is 44.4 Å². The third kappa shape index (κ3) is 2.88. The van der Waals surface area contributed by atoms with Gasteiger partial charge in [0.2, 0.25) is 0 Å². The molecule has 1 aromatic rings. The maximum atomic E-state index is 12.6. The fraction of sp³-hybridized carbons (Fsp3) is 0.462. The molecule has 2 rings (SSSR count). The van der Waals surface area contributed by atoms with Crippen LogP contribution in [0.25, 0.3) is 0 Å². The van der Waals surface area contributed by atoms with E-state index in [0.29, 0.717) is 13.2 Å². The predicted molar refractivity (Wildman–Crippen MR) is 82.8 cm³/mol. The second kappa shape index (κ2) is 5.88. The summed E-state index contributed by atoms with van der Waals surface area (Å²) in [7, 11) is 0. The first-order valence-corrected chi connectivity index (χ1v) is 7.73. The molecule has 3 nitrogen and oxygen atoms in total. The number of rotatable bonds is 1. The fourth-order valence-corrected chi connectivity index (χ4v) is 3.11. The lowest BCUT2D eigenvalue weighted by molar-refractivity contribution is -0.0250. The monoisotopic (exact) mass is 423 g/mol. The lowest BCUT2D eigenvalue weighted by atomic mass is 10.1. The van der Waals surface area contributed by atoms with Crippen molar-refractivity contribution in [2.24, 2.45) is 0 Å². The number of halogens is 2. The number of morpholine rings is 1. The number of carbonyl (C=O) groups is 1. The minimum Gasteiger partial charge on any atom is -0.377 e. The smallest absolute Gasteiger partial charge is 0.255 e. The zero-order chi connectivity index (χ0) is 13.3. The Morgan fingerprint density at radius 1 is 1.39 bits per heavy atom. The maximum absolute atomic E-state index is 12.6. The molecule has 0 spiro atoms. The molecule has 1 aliphatic heterocycles. The highest BCUT2D eigenvalue weighted by atomic mass is 127. The van der Waals surface area contributed by atoms with E-state index in [1.165, 1.54) is 0 Å². The Hall–Kier alpha value is -0.140. The van der Waals surface area contributed by atoms with Gasteiger partial charge in [0.15, 0.2) is 0 Å². The number of hydrogen-bond donors (Lipinski definition) is 0. The average molecular weight is 424 g/mol. The second-order valence-electron chi connectivity index (χ2n) is 4.57. The Labute approximate surface area is 129 Å². The van der Waals surface area contributed by atoms with Crippen LogP contribution in [-0.4, -0.2) is 36.1 Å². The molecule has 1 amide bonds. The van der Waals surface area contributed by atoms with Crippen LogP contribution in [0.4, 0.5) is 0 Å². The van der Waals surface area contributed by atoms with Gasteiger partial charge in [0, 0.05) is 8.04 Å². The normalized spacial score (nSPS) is 24.1. The van der Waals surface area contributed by atoms with Crippen LogP contribution in [-0.2, 0) is 4.74 Å². The van der Waals surface area contributed by atoms with Crippen LogP contribution in [0.1, 0.15) is 24.2 Å². The summed E-state index contributed by atoms with van der Waals surface area (Å²) in [6, 6.07) is 6.05. The van der Waals surface area contributed by atoms with Crippen molar-refractivity contribution in [2.45, 2.75) is 25.9 Å². The molecule has 0 bridgehead atoms. The van der Waals surface area contributed by atoms with Crippen molar-refractivity contribution < 1.29 is 9.53 Å². The minimum absolute atomic E-state index is 0.0729. The Morgan fingerprint density at radius 3 is 2.61 bits per heavy atom. The fourth-order valence-electron chi connectivity index (χ4n) is 2.20. The maximum Gasteiger partial charge on any atom is 0.255 e. The molecular formula is C13H15BrINO2. The van der Waals surface area contributed by atoms with Gasteiger partial charge in [-0.2, -0.15) is 0 Å². The largest absolute Gasteiger partial charge is 0.377 e. The first kappa shape index (κ1) is 14.3. The van der Waals surface area contributed by atoms with Gasteiger partial charge >= 0.3 is 0 Å². The van der Waals surface area contributed by atoms with Gasteiger partial charge in [-0.1, -0.05) is 0 Å². The van der Waals surface area contributed by atoms with Gasteiger partial charge in [-0.3, -0.25) is 4.79 Å². The number of nitrogens with zero attached hydrogens (tertiary/aromatic N) is 1. The molecule has 1 aliphatic rings. The van der Waals surface area contributed by atoms with Gasteiger partial charge in [0.25, 0.3) is 5.91 Å². The van der Waals surface area contributed by atoms with E-state index >= 15 is 0 Å². The van der Waals surface area contributed by atoms with Crippen LogP contribution in [0.3, 0.4) is 0 Å². The van der Waals surface area contributed by atoms with Crippen LogP contribution in [0.2, 0.25) is 0 Å². The van der Waals surface area contributed by atoms with Crippen LogP contribution in [0.5, 0.6) is 0 Å². The molecule has 0 radical (unpaired) electrons. The molecule has 0 saturated carbocycles. The van der Waals surface area contributed by atoms with E-state index in [-0.39, 0.29) is 18.0 Å². The lowest BCUT2D eigenvalue weighted by Gasteiger charge is -2.39. The van der Waals surface area contributed by atoms with E-state index in [2.05, 4.69) is 38.5 Å². The van der Waals surface area contributed by atoms with E-state index in [9.17, 15) is 4.79 Å². The van der Waals surface area contributed by atoms with E-state index in [4.69, 9.17) is 4.74 Å². The van der Waals surface area contributed by atoms with Gasteiger partial charge in [-0.05, 0) is 70.6 Å². The van der Waals surface area contributed by atoms with Gasteiger partial charge in [-0.15, -0.1) is 0 Å². The van der Waals surface area contributed by atoms with Crippen molar-refractivity contribution in [2.75, 3.05) is 13.2 Å². The molecule has 0 aliphatic carbocycles. The van der Waals surface area contributed by atoms with Crippen molar-refractivity contribution in [1.82, 2.24) is 4.90 Å². The van der Waals surface area contributed by atoms with E-state index in [1.807, 2.05) is 36.9 Å². The van der Waals surface area contributed by atoms with Crippen molar-refractivity contribution in [3.63, 3.8) is 0 Å².